The molecule has 2 nitrogen and oxygen atoms in total. The first-order valence-electron chi connectivity index (χ1n) is 5.25. The lowest BCUT2D eigenvalue weighted by Crippen LogP contribution is -2.31. The lowest BCUT2D eigenvalue weighted by Gasteiger charge is -2.21. The van der Waals surface area contributed by atoms with Crippen LogP contribution in [0.15, 0.2) is 0 Å². The highest BCUT2D eigenvalue weighted by atomic mass is 32.2. The molecule has 2 fully saturated rings. The molecule has 76 valence electrons. The van der Waals surface area contributed by atoms with Gasteiger partial charge in [0.2, 0.25) is 0 Å². The molecule has 3 heteroatoms. The van der Waals surface area contributed by atoms with Gasteiger partial charge in [-0.2, -0.15) is 11.8 Å². The predicted molar refractivity (Wildman–Crippen MR) is 59.1 cm³/mol. The Kier molecular flexibility index (Phi) is 2.86. The Hall–Kier alpha value is 0.270. The van der Waals surface area contributed by atoms with E-state index in [0.29, 0.717) is 4.75 Å². The molecule has 0 aromatic rings. The summed E-state index contributed by atoms with van der Waals surface area (Å²) in [7, 11) is 0. The topological polar surface area (TPSA) is 29.3 Å². The van der Waals surface area contributed by atoms with Crippen molar-refractivity contribution in [2.45, 2.75) is 24.0 Å². The van der Waals surface area contributed by atoms with Gasteiger partial charge in [-0.15, -0.1) is 0 Å². The molecule has 1 saturated heterocycles. The van der Waals surface area contributed by atoms with Crippen molar-refractivity contribution >= 4 is 11.8 Å². The summed E-state index contributed by atoms with van der Waals surface area (Å²) in [5.74, 6) is 0.776. The van der Waals surface area contributed by atoms with Gasteiger partial charge >= 0.3 is 0 Å². The summed E-state index contributed by atoms with van der Waals surface area (Å²) in [6.45, 7) is 4.72. The second-order valence-electron chi connectivity index (χ2n) is 4.51. The molecule has 0 amide bonds. The second kappa shape index (κ2) is 3.79. The quantitative estimate of drug-likeness (QED) is 0.738. The number of nitrogens with zero attached hydrogens (tertiary/aromatic N) is 1. The van der Waals surface area contributed by atoms with E-state index in [-0.39, 0.29) is 0 Å². The average molecular weight is 200 g/mol. The first kappa shape index (κ1) is 9.81. The first-order chi connectivity index (χ1) is 6.28. The average Bonchev–Trinajstić information content (AvgIpc) is 2.77. The summed E-state index contributed by atoms with van der Waals surface area (Å²) in [5, 5.41) is 0. The smallest absolute Gasteiger partial charge is 0.0285 e. The van der Waals surface area contributed by atoms with Crippen molar-refractivity contribution < 1.29 is 0 Å². The number of rotatable bonds is 4. The number of likely N-dealkylation sites (tertiary alicyclic amines) is 1. The van der Waals surface area contributed by atoms with Crippen LogP contribution in [0.25, 0.3) is 0 Å². The number of nitrogens with two attached hydrogens (primary N) is 1. The Balaban J connectivity index is 1.77. The van der Waals surface area contributed by atoms with Crippen LogP contribution in [0, 0.1) is 5.92 Å². The van der Waals surface area contributed by atoms with E-state index in [1.165, 1.54) is 38.9 Å². The number of thioether (sulfide) groups is 1. The fourth-order valence-electron chi connectivity index (χ4n) is 2.22. The van der Waals surface area contributed by atoms with Crippen LogP contribution >= 0.6 is 11.8 Å². The van der Waals surface area contributed by atoms with Gasteiger partial charge in [-0.1, -0.05) is 0 Å². The summed E-state index contributed by atoms with van der Waals surface area (Å²) in [5.41, 5.74) is 5.68. The van der Waals surface area contributed by atoms with E-state index < -0.39 is 0 Å². The van der Waals surface area contributed by atoms with Gasteiger partial charge in [0, 0.05) is 17.8 Å². The molecule has 2 rings (SSSR count). The lowest BCUT2D eigenvalue weighted by atomic mass is 10.1. The minimum Gasteiger partial charge on any atom is -0.330 e. The monoisotopic (exact) mass is 200 g/mol. The van der Waals surface area contributed by atoms with E-state index in [1.54, 1.807) is 0 Å². The van der Waals surface area contributed by atoms with Crippen molar-refractivity contribution in [3.8, 4) is 0 Å². The SMILES string of the molecule is CSC1(CN2CCC(CN)C2)CC1. The molecule has 2 aliphatic rings. The molecule has 1 unspecified atom stereocenters. The fourth-order valence-corrected chi connectivity index (χ4v) is 3.04. The summed E-state index contributed by atoms with van der Waals surface area (Å²) in [4.78, 5) is 2.61. The first-order valence-corrected chi connectivity index (χ1v) is 6.48. The normalized spacial score (nSPS) is 32.3. The van der Waals surface area contributed by atoms with Gasteiger partial charge in [0.15, 0.2) is 0 Å². The molecule has 1 heterocycles. The Morgan fingerprint density at radius 1 is 1.54 bits per heavy atom. The molecule has 2 N–H and O–H groups in total. The minimum atomic E-state index is 0.642. The van der Waals surface area contributed by atoms with E-state index in [2.05, 4.69) is 22.9 Å². The molecule has 1 saturated carbocycles. The van der Waals surface area contributed by atoms with E-state index in [0.717, 1.165) is 12.5 Å². The third-order valence-corrected chi connectivity index (χ3v) is 4.86. The zero-order chi connectivity index (χ0) is 9.31. The second-order valence-corrected chi connectivity index (χ2v) is 5.79. The summed E-state index contributed by atoms with van der Waals surface area (Å²) >= 11 is 2.06. The Bertz CT molecular complexity index is 180. The molecule has 0 spiro atoms. The highest BCUT2D eigenvalue weighted by Gasteiger charge is 2.43. The van der Waals surface area contributed by atoms with Crippen LogP contribution in [0.4, 0.5) is 0 Å². The molecule has 0 radical (unpaired) electrons. The van der Waals surface area contributed by atoms with Crippen molar-refractivity contribution in [1.29, 1.82) is 0 Å². The maximum atomic E-state index is 5.68. The molecule has 0 aromatic carbocycles. The van der Waals surface area contributed by atoms with E-state index in [9.17, 15) is 0 Å². The van der Waals surface area contributed by atoms with Gasteiger partial charge in [0.05, 0.1) is 0 Å². The zero-order valence-electron chi connectivity index (χ0n) is 8.46. The third-order valence-electron chi connectivity index (χ3n) is 3.46. The minimum absolute atomic E-state index is 0.642. The number of hydrogen-bond acceptors (Lipinski definition) is 3. The van der Waals surface area contributed by atoms with Crippen molar-refractivity contribution in [1.82, 2.24) is 4.90 Å². The van der Waals surface area contributed by atoms with Crippen molar-refractivity contribution in [2.75, 3.05) is 32.4 Å². The van der Waals surface area contributed by atoms with Crippen LogP contribution in [-0.4, -0.2) is 42.1 Å². The molecule has 1 atom stereocenters. The van der Waals surface area contributed by atoms with Crippen LogP contribution in [0.1, 0.15) is 19.3 Å². The van der Waals surface area contributed by atoms with Crippen LogP contribution in [0.2, 0.25) is 0 Å². The highest BCUT2D eigenvalue weighted by Crippen LogP contribution is 2.48. The molecule has 0 aromatic heterocycles. The predicted octanol–water partition coefficient (Wildman–Crippen LogP) is 1.16. The Morgan fingerprint density at radius 3 is 2.77 bits per heavy atom. The van der Waals surface area contributed by atoms with Gasteiger partial charge in [-0.05, 0) is 44.5 Å². The summed E-state index contributed by atoms with van der Waals surface area (Å²) in [6, 6.07) is 0. The van der Waals surface area contributed by atoms with Crippen LogP contribution < -0.4 is 5.73 Å². The number of hydrogen-bond donors (Lipinski definition) is 1. The van der Waals surface area contributed by atoms with Gasteiger partial charge in [-0.3, -0.25) is 0 Å². The molecule has 0 bridgehead atoms. The van der Waals surface area contributed by atoms with Crippen molar-refractivity contribution in [3.63, 3.8) is 0 Å². The molecule has 1 aliphatic carbocycles. The zero-order valence-corrected chi connectivity index (χ0v) is 9.28. The Morgan fingerprint density at radius 2 is 2.31 bits per heavy atom. The Labute approximate surface area is 85.2 Å². The lowest BCUT2D eigenvalue weighted by molar-refractivity contribution is 0.321. The van der Waals surface area contributed by atoms with Gasteiger partial charge in [0.25, 0.3) is 0 Å². The standard InChI is InChI=1S/C10H20N2S/c1-13-10(3-4-10)8-12-5-2-9(6-11)7-12/h9H,2-8,11H2,1H3. The summed E-state index contributed by atoms with van der Waals surface area (Å²) < 4.78 is 0.642. The molecule has 13 heavy (non-hydrogen) atoms. The van der Waals surface area contributed by atoms with Crippen molar-refractivity contribution in [3.05, 3.63) is 0 Å². The maximum Gasteiger partial charge on any atom is 0.0285 e. The van der Waals surface area contributed by atoms with Gasteiger partial charge in [0.1, 0.15) is 0 Å². The van der Waals surface area contributed by atoms with Crippen LogP contribution in [-0.2, 0) is 0 Å². The molecular formula is C10H20N2S. The van der Waals surface area contributed by atoms with Crippen LogP contribution in [0.5, 0.6) is 0 Å². The highest BCUT2D eigenvalue weighted by molar-refractivity contribution is 8.00. The fraction of sp³-hybridized carbons (Fsp3) is 1.00. The van der Waals surface area contributed by atoms with E-state index in [1.807, 2.05) is 0 Å². The molecule has 1 aliphatic heterocycles. The van der Waals surface area contributed by atoms with Crippen molar-refractivity contribution in [2.24, 2.45) is 11.7 Å². The van der Waals surface area contributed by atoms with E-state index >= 15 is 0 Å². The van der Waals surface area contributed by atoms with Gasteiger partial charge in [-0.25, -0.2) is 0 Å². The third kappa shape index (κ3) is 2.20. The largest absolute Gasteiger partial charge is 0.330 e. The maximum absolute atomic E-state index is 5.68. The van der Waals surface area contributed by atoms with E-state index in [4.69, 9.17) is 5.73 Å². The van der Waals surface area contributed by atoms with Gasteiger partial charge < -0.3 is 10.6 Å². The summed E-state index contributed by atoms with van der Waals surface area (Å²) in [6.07, 6.45) is 6.43. The van der Waals surface area contributed by atoms with Crippen LogP contribution in [0.3, 0.4) is 0 Å². The molecular weight excluding hydrogens is 180 g/mol.